The molecule has 1 saturated heterocycles. The van der Waals surface area contributed by atoms with E-state index in [1.165, 1.54) is 7.11 Å². The predicted molar refractivity (Wildman–Crippen MR) is 27.5 cm³/mol. The number of hydrogen-bond donors (Lipinski definition) is 0. The number of carbonyl (C=O) groups is 1. The van der Waals surface area contributed by atoms with Crippen molar-refractivity contribution in [3.8, 4) is 0 Å². The first-order valence-corrected chi connectivity index (χ1v) is 2.65. The second-order valence-corrected chi connectivity index (χ2v) is 1.77. The highest BCUT2D eigenvalue weighted by Crippen LogP contribution is 2.06. The van der Waals surface area contributed by atoms with Crippen LogP contribution in [0.15, 0.2) is 0 Å². The molecule has 0 aromatic heterocycles. The summed E-state index contributed by atoms with van der Waals surface area (Å²) in [5.41, 5.74) is 0. The summed E-state index contributed by atoms with van der Waals surface area (Å²) in [4.78, 5) is 19.5. The van der Waals surface area contributed by atoms with Crippen LogP contribution in [0.2, 0.25) is 0 Å². The number of Topliss-reactive ketones (excluding diaryl/α,β-unsaturated/α-hetero) is 1. The van der Waals surface area contributed by atoms with Crippen LogP contribution in [-0.4, -0.2) is 25.8 Å². The van der Waals surface area contributed by atoms with Crippen LogP contribution >= 0.6 is 0 Å². The first-order chi connectivity index (χ1) is 4.33. The van der Waals surface area contributed by atoms with Gasteiger partial charge in [0.25, 0.3) is 0 Å². The SMILES string of the molecule is COC1CC(=O)COO1. The zero-order chi connectivity index (χ0) is 6.69. The highest BCUT2D eigenvalue weighted by atomic mass is 17.2. The standard InChI is InChI=1S/C5H8O4/c1-7-5-2-4(6)3-8-9-5/h5H,2-3H2,1H3. The summed E-state index contributed by atoms with van der Waals surface area (Å²) >= 11 is 0. The number of ketones is 1. The van der Waals surface area contributed by atoms with Gasteiger partial charge in [0.1, 0.15) is 6.61 Å². The molecule has 1 rings (SSSR count). The Labute approximate surface area is 52.6 Å². The van der Waals surface area contributed by atoms with Gasteiger partial charge in [0, 0.05) is 7.11 Å². The zero-order valence-electron chi connectivity index (χ0n) is 5.12. The third-order valence-electron chi connectivity index (χ3n) is 1.05. The minimum Gasteiger partial charge on any atom is -0.353 e. The van der Waals surface area contributed by atoms with Gasteiger partial charge in [-0.25, -0.2) is 9.78 Å². The Morgan fingerprint density at radius 1 is 1.78 bits per heavy atom. The molecule has 1 unspecified atom stereocenters. The van der Waals surface area contributed by atoms with Crippen molar-refractivity contribution in [3.63, 3.8) is 0 Å². The minimum atomic E-state index is -0.508. The number of hydrogen-bond acceptors (Lipinski definition) is 4. The topological polar surface area (TPSA) is 44.8 Å². The molecule has 1 fully saturated rings. The molecule has 4 heteroatoms. The van der Waals surface area contributed by atoms with E-state index in [1.54, 1.807) is 0 Å². The minimum absolute atomic E-state index is 0.00750. The molecule has 52 valence electrons. The van der Waals surface area contributed by atoms with Crippen molar-refractivity contribution in [2.45, 2.75) is 12.7 Å². The number of methoxy groups -OCH3 is 1. The lowest BCUT2D eigenvalue weighted by Crippen LogP contribution is -2.28. The maximum Gasteiger partial charge on any atom is 0.197 e. The monoisotopic (exact) mass is 132 g/mol. The summed E-state index contributed by atoms with van der Waals surface area (Å²) in [6.45, 7) is 0.0415. The first kappa shape index (κ1) is 6.67. The molecule has 9 heavy (non-hydrogen) atoms. The van der Waals surface area contributed by atoms with Gasteiger partial charge in [0.05, 0.1) is 6.42 Å². The number of carbonyl (C=O) groups excluding carboxylic acids is 1. The van der Waals surface area contributed by atoms with Crippen molar-refractivity contribution in [1.82, 2.24) is 0 Å². The van der Waals surface area contributed by atoms with Crippen LogP contribution in [0.1, 0.15) is 6.42 Å². The van der Waals surface area contributed by atoms with E-state index in [2.05, 4.69) is 9.78 Å². The fraction of sp³-hybridized carbons (Fsp3) is 0.800. The molecule has 0 N–H and O–H groups in total. The van der Waals surface area contributed by atoms with Gasteiger partial charge in [0.15, 0.2) is 12.1 Å². The molecule has 1 aliphatic heterocycles. The van der Waals surface area contributed by atoms with Crippen LogP contribution < -0.4 is 0 Å². The molecule has 0 amide bonds. The normalized spacial score (nSPS) is 28.6. The lowest BCUT2D eigenvalue weighted by molar-refractivity contribution is -0.380. The third kappa shape index (κ3) is 1.74. The molecule has 1 heterocycles. The maximum atomic E-state index is 10.5. The highest BCUT2D eigenvalue weighted by molar-refractivity contribution is 5.80. The van der Waals surface area contributed by atoms with Gasteiger partial charge in [-0.05, 0) is 0 Å². The van der Waals surface area contributed by atoms with Crippen LogP contribution in [0, 0.1) is 0 Å². The largest absolute Gasteiger partial charge is 0.353 e. The van der Waals surface area contributed by atoms with E-state index in [4.69, 9.17) is 4.74 Å². The molecule has 0 radical (unpaired) electrons. The lowest BCUT2D eigenvalue weighted by Gasteiger charge is -2.17. The molecule has 0 bridgehead atoms. The first-order valence-electron chi connectivity index (χ1n) is 2.65. The smallest absolute Gasteiger partial charge is 0.197 e. The van der Waals surface area contributed by atoms with Crippen LogP contribution in [0.5, 0.6) is 0 Å². The Bertz CT molecular complexity index is 112. The van der Waals surface area contributed by atoms with Crippen molar-refractivity contribution in [2.24, 2.45) is 0 Å². The van der Waals surface area contributed by atoms with E-state index in [0.717, 1.165) is 0 Å². The van der Waals surface area contributed by atoms with E-state index in [-0.39, 0.29) is 18.8 Å². The summed E-state index contributed by atoms with van der Waals surface area (Å²) in [6.07, 6.45) is -0.220. The van der Waals surface area contributed by atoms with Gasteiger partial charge in [0.2, 0.25) is 0 Å². The quantitative estimate of drug-likeness (QED) is 0.466. The van der Waals surface area contributed by atoms with Crippen LogP contribution in [0.4, 0.5) is 0 Å². The second-order valence-electron chi connectivity index (χ2n) is 1.77. The number of rotatable bonds is 1. The van der Waals surface area contributed by atoms with Gasteiger partial charge in [-0.1, -0.05) is 0 Å². The van der Waals surface area contributed by atoms with Gasteiger partial charge < -0.3 is 4.74 Å². The Kier molecular flexibility index (Phi) is 2.16. The van der Waals surface area contributed by atoms with E-state index < -0.39 is 6.29 Å². The third-order valence-corrected chi connectivity index (χ3v) is 1.05. The molecule has 0 saturated carbocycles. The Hall–Kier alpha value is -0.450. The summed E-state index contributed by atoms with van der Waals surface area (Å²) in [5, 5.41) is 0. The van der Waals surface area contributed by atoms with Gasteiger partial charge >= 0.3 is 0 Å². The van der Waals surface area contributed by atoms with Crippen LogP contribution in [0.25, 0.3) is 0 Å². The van der Waals surface area contributed by atoms with E-state index >= 15 is 0 Å². The molecule has 1 atom stereocenters. The highest BCUT2D eigenvalue weighted by Gasteiger charge is 2.20. The second kappa shape index (κ2) is 2.91. The fourth-order valence-electron chi connectivity index (χ4n) is 0.577. The Morgan fingerprint density at radius 2 is 2.56 bits per heavy atom. The maximum absolute atomic E-state index is 10.5. The summed E-state index contributed by atoms with van der Waals surface area (Å²) < 4.78 is 4.69. The molecule has 0 aromatic carbocycles. The Balaban J connectivity index is 2.32. The molecule has 0 aromatic rings. The van der Waals surface area contributed by atoms with Gasteiger partial charge in [-0.15, -0.1) is 0 Å². The van der Waals surface area contributed by atoms with E-state index in [1.807, 2.05) is 0 Å². The lowest BCUT2D eigenvalue weighted by atomic mass is 10.3. The molecule has 4 nitrogen and oxygen atoms in total. The van der Waals surface area contributed by atoms with Crippen molar-refractivity contribution < 1.29 is 19.3 Å². The summed E-state index contributed by atoms with van der Waals surface area (Å²) in [5.74, 6) is 0.00750. The van der Waals surface area contributed by atoms with Crippen LogP contribution in [-0.2, 0) is 19.3 Å². The fourth-order valence-corrected chi connectivity index (χ4v) is 0.577. The van der Waals surface area contributed by atoms with Gasteiger partial charge in [-0.2, -0.15) is 0 Å². The average Bonchev–Trinajstić information content (AvgIpc) is 1.88. The Morgan fingerprint density at radius 3 is 3.00 bits per heavy atom. The molecule has 0 spiro atoms. The van der Waals surface area contributed by atoms with Gasteiger partial charge in [-0.3, -0.25) is 4.79 Å². The van der Waals surface area contributed by atoms with Crippen molar-refractivity contribution >= 4 is 5.78 Å². The molecular formula is C5H8O4. The van der Waals surface area contributed by atoms with Crippen molar-refractivity contribution in [3.05, 3.63) is 0 Å². The average molecular weight is 132 g/mol. The molecule has 0 aliphatic carbocycles. The summed E-state index contributed by atoms with van der Waals surface area (Å²) in [6, 6.07) is 0. The van der Waals surface area contributed by atoms with Crippen molar-refractivity contribution in [1.29, 1.82) is 0 Å². The molecule has 1 aliphatic rings. The number of ether oxygens (including phenoxy) is 1. The summed E-state index contributed by atoms with van der Waals surface area (Å²) in [7, 11) is 1.46. The zero-order valence-corrected chi connectivity index (χ0v) is 5.12. The van der Waals surface area contributed by atoms with E-state index in [9.17, 15) is 4.79 Å². The van der Waals surface area contributed by atoms with E-state index in [0.29, 0.717) is 0 Å². The predicted octanol–water partition coefficient (Wildman–Crippen LogP) is -0.120. The van der Waals surface area contributed by atoms with Crippen LogP contribution in [0.3, 0.4) is 0 Å². The van der Waals surface area contributed by atoms with Crippen molar-refractivity contribution in [2.75, 3.05) is 13.7 Å². The molecular weight excluding hydrogens is 124 g/mol.